The van der Waals surface area contributed by atoms with E-state index >= 15 is 0 Å². The standard InChI is InChI=1S/C24H27F3N2O6/c1-2-28(23(31)32)13-14-33-19-6-3-5-17(15-19)22(30)29-11-9-18(10-12-29)34-20-7-4-8-21(16-20)35-24(25,26)27/h3-8,15-16,18H,2,9-14H2,1H3,(H,31,32). The van der Waals surface area contributed by atoms with Crippen LogP contribution < -0.4 is 14.2 Å². The number of nitrogens with zero attached hydrogens (tertiary/aromatic N) is 2. The van der Waals surface area contributed by atoms with Crippen molar-refractivity contribution in [1.82, 2.24) is 9.80 Å². The molecule has 2 aromatic rings. The summed E-state index contributed by atoms with van der Waals surface area (Å²) in [7, 11) is 0. The Morgan fingerprint density at radius 2 is 1.71 bits per heavy atom. The smallest absolute Gasteiger partial charge is 0.492 e. The first-order chi connectivity index (χ1) is 16.6. The van der Waals surface area contributed by atoms with Crippen LogP contribution in [-0.2, 0) is 0 Å². The molecule has 0 unspecified atom stereocenters. The number of hydrogen-bond donors (Lipinski definition) is 1. The molecule has 11 heteroatoms. The number of benzene rings is 2. The van der Waals surface area contributed by atoms with Gasteiger partial charge in [-0.1, -0.05) is 12.1 Å². The van der Waals surface area contributed by atoms with Gasteiger partial charge in [0.05, 0.1) is 6.54 Å². The number of carbonyl (C=O) groups excluding carboxylic acids is 1. The van der Waals surface area contributed by atoms with Gasteiger partial charge in [0.2, 0.25) is 0 Å². The molecule has 0 aliphatic carbocycles. The second-order valence-electron chi connectivity index (χ2n) is 7.87. The van der Waals surface area contributed by atoms with Crippen molar-refractivity contribution in [2.45, 2.75) is 32.2 Å². The molecule has 0 radical (unpaired) electrons. The van der Waals surface area contributed by atoms with Gasteiger partial charge in [0.15, 0.2) is 0 Å². The topological polar surface area (TPSA) is 88.5 Å². The van der Waals surface area contributed by atoms with E-state index in [1.165, 1.54) is 23.1 Å². The highest BCUT2D eigenvalue weighted by Gasteiger charge is 2.31. The monoisotopic (exact) mass is 496 g/mol. The van der Waals surface area contributed by atoms with Crippen LogP contribution in [0.5, 0.6) is 17.2 Å². The lowest BCUT2D eigenvalue weighted by Crippen LogP contribution is -2.41. The minimum atomic E-state index is -4.78. The number of amides is 2. The number of alkyl halides is 3. The summed E-state index contributed by atoms with van der Waals surface area (Å²) in [6, 6.07) is 12.1. The van der Waals surface area contributed by atoms with Gasteiger partial charge >= 0.3 is 12.5 Å². The lowest BCUT2D eigenvalue weighted by Gasteiger charge is -2.32. The Balaban J connectivity index is 1.50. The molecule has 0 atom stereocenters. The molecule has 0 bridgehead atoms. The normalized spacial score (nSPS) is 14.3. The van der Waals surface area contributed by atoms with Crippen molar-refractivity contribution >= 4 is 12.0 Å². The molecular weight excluding hydrogens is 469 g/mol. The van der Waals surface area contributed by atoms with Gasteiger partial charge in [-0.2, -0.15) is 0 Å². The van der Waals surface area contributed by atoms with Crippen LogP contribution in [0.3, 0.4) is 0 Å². The molecule has 190 valence electrons. The molecule has 0 spiro atoms. The number of ether oxygens (including phenoxy) is 3. The van der Waals surface area contributed by atoms with E-state index in [-0.39, 0.29) is 36.7 Å². The number of carboxylic acid groups (broad SMARTS) is 1. The van der Waals surface area contributed by atoms with Crippen LogP contribution in [-0.4, -0.2) is 72.2 Å². The highest BCUT2D eigenvalue weighted by molar-refractivity contribution is 5.94. The summed E-state index contributed by atoms with van der Waals surface area (Å²) in [4.78, 5) is 26.9. The van der Waals surface area contributed by atoms with E-state index in [9.17, 15) is 22.8 Å². The third-order valence-corrected chi connectivity index (χ3v) is 5.43. The quantitative estimate of drug-likeness (QED) is 0.544. The van der Waals surface area contributed by atoms with E-state index in [2.05, 4.69) is 4.74 Å². The SMILES string of the molecule is CCN(CCOc1cccc(C(=O)N2CCC(Oc3cccc(OC(F)(F)F)c3)CC2)c1)C(=O)O. The first-order valence-corrected chi connectivity index (χ1v) is 11.2. The maximum atomic E-state index is 12.9. The molecule has 8 nitrogen and oxygen atoms in total. The average Bonchev–Trinajstić information content (AvgIpc) is 2.81. The zero-order valence-corrected chi connectivity index (χ0v) is 19.2. The van der Waals surface area contributed by atoms with Gasteiger partial charge in [0, 0.05) is 44.1 Å². The highest BCUT2D eigenvalue weighted by atomic mass is 19.4. The molecule has 1 heterocycles. The molecule has 2 aromatic carbocycles. The van der Waals surface area contributed by atoms with E-state index in [1.807, 2.05) is 0 Å². The predicted molar refractivity (Wildman–Crippen MR) is 120 cm³/mol. The maximum Gasteiger partial charge on any atom is 0.573 e. The van der Waals surface area contributed by atoms with Crippen molar-refractivity contribution in [2.24, 2.45) is 0 Å². The molecule has 1 fully saturated rings. The maximum absolute atomic E-state index is 12.9. The van der Waals surface area contributed by atoms with Crippen LogP contribution in [0.1, 0.15) is 30.1 Å². The molecule has 0 saturated carbocycles. The number of hydrogen-bond acceptors (Lipinski definition) is 5. The van der Waals surface area contributed by atoms with Crippen LogP contribution in [0, 0.1) is 0 Å². The molecule has 1 N–H and O–H groups in total. The number of carbonyl (C=O) groups is 2. The van der Waals surface area contributed by atoms with Crippen LogP contribution >= 0.6 is 0 Å². The largest absolute Gasteiger partial charge is 0.573 e. The van der Waals surface area contributed by atoms with Crippen LogP contribution in [0.2, 0.25) is 0 Å². The fraction of sp³-hybridized carbons (Fsp3) is 0.417. The number of piperidine rings is 1. The number of halogens is 3. The molecular formula is C24H27F3N2O6. The van der Waals surface area contributed by atoms with Gasteiger partial charge in [-0.15, -0.1) is 13.2 Å². The van der Waals surface area contributed by atoms with Crippen LogP contribution in [0.25, 0.3) is 0 Å². The van der Waals surface area contributed by atoms with Crippen LogP contribution in [0.15, 0.2) is 48.5 Å². The average molecular weight is 496 g/mol. The lowest BCUT2D eigenvalue weighted by molar-refractivity contribution is -0.274. The highest BCUT2D eigenvalue weighted by Crippen LogP contribution is 2.28. The Morgan fingerprint density at radius 1 is 1.06 bits per heavy atom. The van der Waals surface area contributed by atoms with Gasteiger partial charge in [-0.3, -0.25) is 4.79 Å². The second kappa shape index (κ2) is 11.7. The zero-order chi connectivity index (χ0) is 25.4. The minimum absolute atomic E-state index is 0.162. The van der Waals surface area contributed by atoms with Crippen molar-refractivity contribution in [3.8, 4) is 17.2 Å². The Labute approximate surface area is 200 Å². The van der Waals surface area contributed by atoms with Crippen molar-refractivity contribution in [1.29, 1.82) is 0 Å². The van der Waals surface area contributed by atoms with E-state index in [4.69, 9.17) is 14.6 Å². The fourth-order valence-electron chi connectivity index (χ4n) is 3.68. The van der Waals surface area contributed by atoms with E-state index in [0.717, 1.165) is 0 Å². The van der Waals surface area contributed by atoms with Crippen molar-refractivity contribution in [2.75, 3.05) is 32.8 Å². The minimum Gasteiger partial charge on any atom is -0.492 e. The molecule has 1 saturated heterocycles. The molecule has 35 heavy (non-hydrogen) atoms. The molecule has 1 aliphatic rings. The first kappa shape index (κ1) is 26.0. The van der Waals surface area contributed by atoms with Gasteiger partial charge in [0.25, 0.3) is 5.91 Å². The summed E-state index contributed by atoms with van der Waals surface area (Å²) in [6.45, 7) is 3.32. The molecule has 2 amide bonds. The Hall–Kier alpha value is -3.63. The van der Waals surface area contributed by atoms with Gasteiger partial charge in [0.1, 0.15) is 30.0 Å². The zero-order valence-electron chi connectivity index (χ0n) is 19.2. The summed E-state index contributed by atoms with van der Waals surface area (Å²) in [5, 5.41) is 9.05. The number of rotatable bonds is 9. The molecule has 3 rings (SSSR count). The van der Waals surface area contributed by atoms with E-state index < -0.39 is 12.5 Å². The predicted octanol–water partition coefficient (Wildman–Crippen LogP) is 4.65. The Bertz CT molecular complexity index is 1010. The summed E-state index contributed by atoms with van der Waals surface area (Å²) in [5.41, 5.74) is 0.449. The summed E-state index contributed by atoms with van der Waals surface area (Å²) < 4.78 is 52.6. The molecule has 0 aromatic heterocycles. The summed E-state index contributed by atoms with van der Waals surface area (Å²) in [6.07, 6.45) is -5.00. The van der Waals surface area contributed by atoms with Gasteiger partial charge in [-0.05, 0) is 37.3 Å². The lowest BCUT2D eigenvalue weighted by atomic mass is 10.1. The first-order valence-electron chi connectivity index (χ1n) is 11.2. The van der Waals surface area contributed by atoms with E-state index in [1.54, 1.807) is 42.2 Å². The number of likely N-dealkylation sites (tertiary alicyclic amines) is 1. The third kappa shape index (κ3) is 7.97. The summed E-state index contributed by atoms with van der Waals surface area (Å²) >= 11 is 0. The van der Waals surface area contributed by atoms with E-state index in [0.29, 0.717) is 43.8 Å². The number of likely N-dealkylation sites (N-methyl/N-ethyl adjacent to an activating group) is 1. The summed E-state index contributed by atoms with van der Waals surface area (Å²) in [5.74, 6) is 0.215. The molecule has 1 aliphatic heterocycles. The Morgan fingerprint density at radius 3 is 2.37 bits per heavy atom. The van der Waals surface area contributed by atoms with Gasteiger partial charge in [-0.25, -0.2) is 4.79 Å². The van der Waals surface area contributed by atoms with Crippen LogP contribution in [0.4, 0.5) is 18.0 Å². The fourth-order valence-corrected chi connectivity index (χ4v) is 3.68. The third-order valence-electron chi connectivity index (χ3n) is 5.43. The van der Waals surface area contributed by atoms with Crippen molar-refractivity contribution in [3.05, 3.63) is 54.1 Å². The second-order valence-corrected chi connectivity index (χ2v) is 7.87. The van der Waals surface area contributed by atoms with Gasteiger partial charge < -0.3 is 29.1 Å². The van der Waals surface area contributed by atoms with Crippen molar-refractivity contribution < 1.29 is 42.1 Å². The Kier molecular flexibility index (Phi) is 8.67. The van der Waals surface area contributed by atoms with Crippen molar-refractivity contribution in [3.63, 3.8) is 0 Å².